The maximum atomic E-state index is 12.5. The average Bonchev–Trinajstić information content (AvgIpc) is 2.77. The summed E-state index contributed by atoms with van der Waals surface area (Å²) in [4.78, 5) is 11.4. The van der Waals surface area contributed by atoms with Crippen molar-refractivity contribution in [3.05, 3.63) is 24.3 Å². The van der Waals surface area contributed by atoms with Crippen molar-refractivity contribution in [3.8, 4) is 0 Å². The number of sulfonamides is 1. The number of rotatable bonds is 4. The van der Waals surface area contributed by atoms with Gasteiger partial charge in [0.1, 0.15) is 5.88 Å². The lowest BCUT2D eigenvalue weighted by Gasteiger charge is -2.20. The van der Waals surface area contributed by atoms with Gasteiger partial charge in [-0.25, -0.2) is 8.42 Å². The van der Waals surface area contributed by atoms with Crippen LogP contribution in [-0.2, 0) is 14.8 Å². The predicted molar refractivity (Wildman–Crippen MR) is 83.0 cm³/mol. The highest BCUT2D eigenvalue weighted by Crippen LogP contribution is 2.21. The van der Waals surface area contributed by atoms with Crippen LogP contribution in [0.1, 0.15) is 25.7 Å². The van der Waals surface area contributed by atoms with Crippen LogP contribution in [0.4, 0.5) is 5.69 Å². The van der Waals surface area contributed by atoms with Crippen LogP contribution >= 0.6 is 11.6 Å². The summed E-state index contributed by atoms with van der Waals surface area (Å²) in [6.45, 7) is 1.15. The Labute approximate surface area is 130 Å². The summed E-state index contributed by atoms with van der Waals surface area (Å²) >= 11 is 5.41. The van der Waals surface area contributed by atoms with Gasteiger partial charge in [-0.05, 0) is 37.1 Å². The number of nitrogens with one attached hydrogen (secondary N) is 1. The Morgan fingerprint density at radius 3 is 2.19 bits per heavy atom. The van der Waals surface area contributed by atoms with Crippen molar-refractivity contribution in [2.24, 2.45) is 0 Å². The lowest BCUT2D eigenvalue weighted by atomic mass is 10.2. The number of anilines is 1. The van der Waals surface area contributed by atoms with Gasteiger partial charge >= 0.3 is 0 Å². The molecule has 1 saturated heterocycles. The average molecular weight is 331 g/mol. The van der Waals surface area contributed by atoms with Crippen LogP contribution in [0, 0.1) is 0 Å². The molecule has 0 radical (unpaired) electrons. The summed E-state index contributed by atoms with van der Waals surface area (Å²) < 4.78 is 26.6. The monoisotopic (exact) mass is 330 g/mol. The van der Waals surface area contributed by atoms with E-state index in [1.807, 2.05) is 0 Å². The molecule has 21 heavy (non-hydrogen) atoms. The van der Waals surface area contributed by atoms with Gasteiger partial charge < -0.3 is 5.32 Å². The number of amides is 1. The minimum atomic E-state index is -3.44. The summed E-state index contributed by atoms with van der Waals surface area (Å²) in [7, 11) is -3.44. The molecular weight excluding hydrogens is 312 g/mol. The third kappa shape index (κ3) is 4.18. The zero-order chi connectivity index (χ0) is 15.3. The molecule has 1 heterocycles. The summed E-state index contributed by atoms with van der Waals surface area (Å²) in [5.41, 5.74) is 0.537. The molecule has 1 aliphatic heterocycles. The summed E-state index contributed by atoms with van der Waals surface area (Å²) in [5, 5.41) is 2.58. The number of carbonyl (C=O) groups excluding carboxylic acids is 1. The van der Waals surface area contributed by atoms with Crippen LogP contribution in [-0.4, -0.2) is 37.6 Å². The van der Waals surface area contributed by atoms with E-state index < -0.39 is 10.0 Å². The van der Waals surface area contributed by atoms with Gasteiger partial charge in [-0.15, -0.1) is 11.6 Å². The van der Waals surface area contributed by atoms with Crippen LogP contribution in [0.5, 0.6) is 0 Å². The van der Waals surface area contributed by atoms with E-state index in [0.717, 1.165) is 25.7 Å². The first-order valence-corrected chi connectivity index (χ1v) is 8.97. The smallest absolute Gasteiger partial charge is 0.243 e. The molecule has 0 spiro atoms. The maximum Gasteiger partial charge on any atom is 0.243 e. The topological polar surface area (TPSA) is 66.5 Å². The largest absolute Gasteiger partial charge is 0.325 e. The summed E-state index contributed by atoms with van der Waals surface area (Å²) in [5.74, 6) is -0.451. The molecule has 116 valence electrons. The number of benzene rings is 1. The van der Waals surface area contributed by atoms with E-state index in [1.165, 1.54) is 12.1 Å². The Kier molecular flexibility index (Phi) is 5.61. The van der Waals surface area contributed by atoms with E-state index in [4.69, 9.17) is 11.6 Å². The second-order valence-electron chi connectivity index (χ2n) is 5.02. The van der Waals surface area contributed by atoms with Gasteiger partial charge in [0.05, 0.1) is 4.90 Å². The fourth-order valence-corrected chi connectivity index (χ4v) is 3.92. The van der Waals surface area contributed by atoms with Crippen molar-refractivity contribution in [2.45, 2.75) is 30.6 Å². The highest BCUT2D eigenvalue weighted by Gasteiger charge is 2.24. The zero-order valence-electron chi connectivity index (χ0n) is 11.7. The van der Waals surface area contributed by atoms with Crippen LogP contribution in [0.2, 0.25) is 0 Å². The molecular formula is C14H19ClN2O3S. The van der Waals surface area contributed by atoms with E-state index >= 15 is 0 Å². The molecule has 5 nitrogen and oxygen atoms in total. The standard InChI is InChI=1S/C14H19ClN2O3S/c15-11-14(18)16-12-5-7-13(8-6-12)21(19,20)17-9-3-1-2-4-10-17/h5-8H,1-4,9-11H2,(H,16,18). The molecule has 0 unspecified atom stereocenters. The molecule has 0 atom stereocenters. The number of hydrogen-bond donors (Lipinski definition) is 1. The van der Waals surface area contributed by atoms with Crippen LogP contribution in [0.25, 0.3) is 0 Å². The molecule has 0 saturated carbocycles. The molecule has 1 N–H and O–H groups in total. The minimum Gasteiger partial charge on any atom is -0.325 e. The van der Waals surface area contributed by atoms with E-state index in [-0.39, 0.29) is 16.7 Å². The molecule has 0 aromatic heterocycles. The quantitative estimate of drug-likeness (QED) is 0.862. The first-order valence-electron chi connectivity index (χ1n) is 7.00. The van der Waals surface area contributed by atoms with Crippen molar-refractivity contribution >= 4 is 33.2 Å². The van der Waals surface area contributed by atoms with Crippen molar-refractivity contribution < 1.29 is 13.2 Å². The number of carbonyl (C=O) groups is 1. The van der Waals surface area contributed by atoms with Crippen molar-refractivity contribution in [1.29, 1.82) is 0 Å². The minimum absolute atomic E-state index is 0.131. The molecule has 1 amide bonds. The number of halogens is 1. The maximum absolute atomic E-state index is 12.5. The first-order chi connectivity index (χ1) is 10.0. The van der Waals surface area contributed by atoms with E-state index in [9.17, 15) is 13.2 Å². The van der Waals surface area contributed by atoms with E-state index in [1.54, 1.807) is 16.4 Å². The van der Waals surface area contributed by atoms with Gasteiger partial charge in [-0.3, -0.25) is 4.79 Å². The molecule has 1 aliphatic rings. The van der Waals surface area contributed by atoms with Crippen LogP contribution in [0.15, 0.2) is 29.2 Å². The summed E-state index contributed by atoms with van der Waals surface area (Å²) in [6.07, 6.45) is 3.97. The van der Waals surface area contributed by atoms with Crippen LogP contribution < -0.4 is 5.32 Å². The highest BCUT2D eigenvalue weighted by atomic mass is 35.5. The fraction of sp³-hybridized carbons (Fsp3) is 0.500. The molecule has 0 aliphatic carbocycles. The Bertz CT molecular complexity index is 579. The van der Waals surface area contributed by atoms with Gasteiger partial charge in [0.25, 0.3) is 0 Å². The fourth-order valence-electron chi connectivity index (χ4n) is 2.34. The molecule has 2 rings (SSSR count). The van der Waals surface area contributed by atoms with Gasteiger partial charge in [-0.2, -0.15) is 4.31 Å². The van der Waals surface area contributed by atoms with Crippen LogP contribution in [0.3, 0.4) is 0 Å². The Morgan fingerprint density at radius 2 is 1.67 bits per heavy atom. The lowest BCUT2D eigenvalue weighted by Crippen LogP contribution is -2.31. The van der Waals surface area contributed by atoms with Gasteiger partial charge in [-0.1, -0.05) is 12.8 Å². The third-order valence-corrected chi connectivity index (χ3v) is 5.62. The second kappa shape index (κ2) is 7.24. The Balaban J connectivity index is 2.14. The third-order valence-electron chi connectivity index (χ3n) is 3.46. The van der Waals surface area contributed by atoms with E-state index in [0.29, 0.717) is 18.8 Å². The van der Waals surface area contributed by atoms with E-state index in [2.05, 4.69) is 5.32 Å². The Hall–Kier alpha value is -1.11. The number of hydrogen-bond acceptors (Lipinski definition) is 3. The number of alkyl halides is 1. The SMILES string of the molecule is O=C(CCl)Nc1ccc(S(=O)(=O)N2CCCCCC2)cc1. The highest BCUT2D eigenvalue weighted by molar-refractivity contribution is 7.89. The van der Waals surface area contributed by atoms with Gasteiger partial charge in [0, 0.05) is 18.8 Å². The number of nitrogens with zero attached hydrogens (tertiary/aromatic N) is 1. The second-order valence-corrected chi connectivity index (χ2v) is 7.23. The normalized spacial score (nSPS) is 17.2. The van der Waals surface area contributed by atoms with Gasteiger partial charge in [0.2, 0.25) is 15.9 Å². The predicted octanol–water partition coefficient (Wildman–Crippen LogP) is 2.43. The molecule has 0 bridgehead atoms. The van der Waals surface area contributed by atoms with Crippen molar-refractivity contribution in [2.75, 3.05) is 24.3 Å². The molecule has 1 aromatic carbocycles. The Morgan fingerprint density at radius 1 is 1.10 bits per heavy atom. The molecule has 7 heteroatoms. The zero-order valence-corrected chi connectivity index (χ0v) is 13.3. The molecule has 1 aromatic rings. The van der Waals surface area contributed by atoms with Crippen molar-refractivity contribution in [3.63, 3.8) is 0 Å². The summed E-state index contributed by atoms with van der Waals surface area (Å²) in [6, 6.07) is 6.19. The first kappa shape index (κ1) is 16.3. The lowest BCUT2D eigenvalue weighted by molar-refractivity contribution is -0.113. The van der Waals surface area contributed by atoms with Gasteiger partial charge in [0.15, 0.2) is 0 Å². The van der Waals surface area contributed by atoms with Crippen molar-refractivity contribution in [1.82, 2.24) is 4.31 Å². The molecule has 1 fully saturated rings.